The summed E-state index contributed by atoms with van der Waals surface area (Å²) in [6.07, 6.45) is 5.46. The predicted octanol–water partition coefficient (Wildman–Crippen LogP) is 4.75. The van der Waals surface area contributed by atoms with Gasteiger partial charge in [0.25, 0.3) is 0 Å². The number of hydrogen-bond acceptors (Lipinski definition) is 3. The van der Waals surface area contributed by atoms with Crippen molar-refractivity contribution in [1.82, 2.24) is 4.90 Å². The quantitative estimate of drug-likeness (QED) is 0.678. The third-order valence-electron chi connectivity index (χ3n) is 6.12. The smallest absolute Gasteiger partial charge is 0.317 e. The van der Waals surface area contributed by atoms with Crippen LogP contribution in [0, 0.1) is 5.41 Å². The third-order valence-corrected chi connectivity index (χ3v) is 6.47. The van der Waals surface area contributed by atoms with Gasteiger partial charge in [-0.2, -0.15) is 0 Å². The molecule has 4 rings (SSSR count). The maximum absolute atomic E-state index is 10.9. The lowest BCUT2D eigenvalue weighted by molar-refractivity contribution is -0.141. The molecule has 0 radical (unpaired) electrons. The number of nitrogens with zero attached hydrogens (tertiary/aromatic N) is 1. The first-order valence-electron chi connectivity index (χ1n) is 10.4. The summed E-state index contributed by atoms with van der Waals surface area (Å²) in [4.78, 5) is 12.9. The first-order chi connectivity index (χ1) is 14.0. The Hall–Kier alpha value is -2.04. The number of carboxylic acid groups (broad SMARTS) is 1. The fourth-order valence-corrected chi connectivity index (χ4v) is 4.99. The maximum atomic E-state index is 10.9. The Balaban J connectivity index is 1.35. The Morgan fingerprint density at radius 1 is 1.17 bits per heavy atom. The van der Waals surface area contributed by atoms with Crippen LogP contribution >= 0.6 is 11.6 Å². The minimum atomic E-state index is -0.747. The highest BCUT2D eigenvalue weighted by Gasteiger charge is 2.47. The number of aryl methyl sites for hydroxylation is 1. The summed E-state index contributed by atoms with van der Waals surface area (Å²) >= 11 is 6.46. The molecule has 2 aromatic rings. The van der Waals surface area contributed by atoms with Gasteiger partial charge in [-0.1, -0.05) is 43.1 Å². The molecule has 29 heavy (non-hydrogen) atoms. The highest BCUT2D eigenvalue weighted by atomic mass is 35.5. The molecule has 1 fully saturated rings. The van der Waals surface area contributed by atoms with Crippen molar-refractivity contribution < 1.29 is 14.6 Å². The normalized spacial score (nSPS) is 17.2. The fraction of sp³-hybridized carbons (Fsp3) is 0.458. The number of hydrogen-bond donors (Lipinski definition) is 1. The van der Waals surface area contributed by atoms with Crippen LogP contribution in [0.3, 0.4) is 0 Å². The average molecular weight is 414 g/mol. The van der Waals surface area contributed by atoms with E-state index in [0.717, 1.165) is 48.7 Å². The molecule has 1 heterocycles. The van der Waals surface area contributed by atoms with E-state index >= 15 is 0 Å². The van der Waals surface area contributed by atoms with Crippen LogP contribution in [-0.4, -0.2) is 35.6 Å². The van der Waals surface area contributed by atoms with Crippen molar-refractivity contribution in [2.45, 2.75) is 45.6 Å². The van der Waals surface area contributed by atoms with Gasteiger partial charge in [-0.3, -0.25) is 9.69 Å². The second kappa shape index (κ2) is 8.37. The number of carboxylic acids is 1. The number of rotatable bonds is 8. The van der Waals surface area contributed by atoms with E-state index < -0.39 is 5.97 Å². The molecule has 1 aliphatic heterocycles. The molecule has 1 spiro atoms. The third kappa shape index (κ3) is 4.59. The topological polar surface area (TPSA) is 49.8 Å². The number of halogens is 1. The molecule has 0 aromatic heterocycles. The van der Waals surface area contributed by atoms with E-state index in [1.165, 1.54) is 29.5 Å². The first-order valence-corrected chi connectivity index (χ1v) is 10.8. The van der Waals surface area contributed by atoms with E-state index in [9.17, 15) is 4.79 Å². The lowest BCUT2D eigenvalue weighted by Crippen LogP contribution is -2.58. The molecule has 154 valence electrons. The lowest BCUT2D eigenvalue weighted by Gasteiger charge is -2.47. The number of likely N-dealkylation sites (tertiary alicyclic amines) is 1. The zero-order valence-corrected chi connectivity index (χ0v) is 17.7. The molecule has 0 atom stereocenters. The van der Waals surface area contributed by atoms with E-state index in [2.05, 4.69) is 37.3 Å². The monoisotopic (exact) mass is 413 g/mol. The summed E-state index contributed by atoms with van der Waals surface area (Å²) < 4.78 is 6.04. The van der Waals surface area contributed by atoms with Crippen molar-refractivity contribution in [2.24, 2.45) is 5.41 Å². The SMILES string of the molecule is CCCCc1ccc(COc2ccc3c(c2)CC2(C3)CN(CC(=O)O)C2)c(Cl)c1. The van der Waals surface area contributed by atoms with E-state index in [0.29, 0.717) is 6.61 Å². The van der Waals surface area contributed by atoms with Crippen molar-refractivity contribution in [3.8, 4) is 5.75 Å². The van der Waals surface area contributed by atoms with Crippen LogP contribution < -0.4 is 4.74 Å². The number of carbonyl (C=O) groups is 1. The Labute approximate surface area is 177 Å². The molecule has 1 N–H and O–H groups in total. The first kappa shape index (κ1) is 20.2. The molecule has 0 bridgehead atoms. The Morgan fingerprint density at radius 2 is 1.97 bits per heavy atom. The van der Waals surface area contributed by atoms with Gasteiger partial charge in [0.1, 0.15) is 12.4 Å². The van der Waals surface area contributed by atoms with Gasteiger partial charge in [-0.05, 0) is 60.6 Å². The number of benzene rings is 2. The van der Waals surface area contributed by atoms with Crippen molar-refractivity contribution in [3.63, 3.8) is 0 Å². The van der Waals surface area contributed by atoms with Crippen LogP contribution in [0.1, 0.15) is 42.0 Å². The molecule has 5 heteroatoms. The van der Waals surface area contributed by atoms with E-state index in [1.807, 2.05) is 11.0 Å². The summed E-state index contributed by atoms with van der Waals surface area (Å²) in [5.41, 5.74) is 5.20. The fourth-order valence-electron chi connectivity index (χ4n) is 4.73. The standard InChI is InChI=1S/C24H28ClNO3/c1-2-3-4-17-5-6-19(22(25)9-17)14-29-21-8-7-18-11-24(12-20(18)10-21)15-26(16-24)13-23(27)28/h5-10H,2-4,11-16H2,1H3,(H,27,28). The van der Waals surface area contributed by atoms with Crippen LogP contribution in [0.25, 0.3) is 0 Å². The van der Waals surface area contributed by atoms with Crippen molar-refractivity contribution in [2.75, 3.05) is 19.6 Å². The van der Waals surface area contributed by atoms with Gasteiger partial charge in [0.2, 0.25) is 0 Å². The zero-order chi connectivity index (χ0) is 20.4. The maximum Gasteiger partial charge on any atom is 0.317 e. The number of fused-ring (bicyclic) bond motifs is 1. The van der Waals surface area contributed by atoms with Gasteiger partial charge >= 0.3 is 5.97 Å². The summed E-state index contributed by atoms with van der Waals surface area (Å²) in [6, 6.07) is 12.6. The summed E-state index contributed by atoms with van der Waals surface area (Å²) in [5.74, 6) is 0.122. The molecule has 0 unspecified atom stereocenters. The minimum absolute atomic E-state index is 0.143. The van der Waals surface area contributed by atoms with Crippen LogP contribution in [0.5, 0.6) is 5.75 Å². The largest absolute Gasteiger partial charge is 0.489 e. The average Bonchev–Trinajstić information content (AvgIpc) is 3.03. The molecule has 1 aliphatic carbocycles. The van der Waals surface area contributed by atoms with Crippen LogP contribution in [0.4, 0.5) is 0 Å². The van der Waals surface area contributed by atoms with Crippen molar-refractivity contribution in [1.29, 1.82) is 0 Å². The minimum Gasteiger partial charge on any atom is -0.489 e. The van der Waals surface area contributed by atoms with Crippen LogP contribution in [0.15, 0.2) is 36.4 Å². The van der Waals surface area contributed by atoms with Gasteiger partial charge < -0.3 is 9.84 Å². The highest BCUT2D eigenvalue weighted by Crippen LogP contribution is 2.44. The Bertz CT molecular complexity index is 905. The Morgan fingerprint density at radius 3 is 2.69 bits per heavy atom. The highest BCUT2D eigenvalue weighted by molar-refractivity contribution is 6.31. The number of aliphatic carboxylic acids is 1. The molecule has 0 amide bonds. The van der Waals surface area contributed by atoms with Gasteiger partial charge in [0.05, 0.1) is 6.54 Å². The molecular formula is C24H28ClNO3. The number of unbranched alkanes of at least 4 members (excludes halogenated alkanes) is 1. The second-order valence-electron chi connectivity index (χ2n) is 8.64. The van der Waals surface area contributed by atoms with Crippen LogP contribution in [-0.2, 0) is 30.7 Å². The zero-order valence-electron chi connectivity index (χ0n) is 16.9. The molecular weight excluding hydrogens is 386 g/mol. The van der Waals surface area contributed by atoms with Gasteiger partial charge in [-0.15, -0.1) is 0 Å². The van der Waals surface area contributed by atoms with Crippen LogP contribution in [0.2, 0.25) is 5.02 Å². The molecule has 1 saturated heterocycles. The second-order valence-corrected chi connectivity index (χ2v) is 9.05. The van der Waals surface area contributed by atoms with Crippen molar-refractivity contribution >= 4 is 17.6 Å². The van der Waals surface area contributed by atoms with Crippen molar-refractivity contribution in [3.05, 3.63) is 63.7 Å². The Kier molecular flexibility index (Phi) is 5.84. The summed E-state index contributed by atoms with van der Waals surface area (Å²) in [5, 5.41) is 9.72. The molecule has 4 nitrogen and oxygen atoms in total. The lowest BCUT2D eigenvalue weighted by atomic mass is 9.77. The van der Waals surface area contributed by atoms with Gasteiger partial charge in [0.15, 0.2) is 0 Å². The van der Waals surface area contributed by atoms with E-state index in [4.69, 9.17) is 21.4 Å². The summed E-state index contributed by atoms with van der Waals surface area (Å²) in [6.45, 7) is 4.53. The molecule has 2 aliphatic rings. The number of ether oxygens (including phenoxy) is 1. The predicted molar refractivity (Wildman–Crippen MR) is 115 cm³/mol. The molecule has 0 saturated carbocycles. The van der Waals surface area contributed by atoms with E-state index in [-0.39, 0.29) is 12.0 Å². The summed E-state index contributed by atoms with van der Waals surface area (Å²) in [7, 11) is 0. The molecule has 2 aromatic carbocycles. The van der Waals surface area contributed by atoms with Gasteiger partial charge in [0, 0.05) is 29.1 Å². The van der Waals surface area contributed by atoms with E-state index in [1.54, 1.807) is 0 Å². The van der Waals surface area contributed by atoms with Gasteiger partial charge in [-0.25, -0.2) is 0 Å².